The number of halogens is 2. The number of ether oxygens (including phenoxy) is 1. The van der Waals surface area contributed by atoms with Gasteiger partial charge in [0.1, 0.15) is 17.2 Å². The van der Waals surface area contributed by atoms with E-state index < -0.39 is 6.43 Å². The van der Waals surface area contributed by atoms with E-state index in [0.29, 0.717) is 11.6 Å². The fourth-order valence-corrected chi connectivity index (χ4v) is 0.928. The van der Waals surface area contributed by atoms with Crippen LogP contribution in [0.2, 0.25) is 0 Å². The Balaban J connectivity index is 0. The van der Waals surface area contributed by atoms with Gasteiger partial charge in [-0.15, -0.1) is 0 Å². The smallest absolute Gasteiger partial charge is 0.283 e. The largest absolute Gasteiger partial charge is 0.479 e. The molecule has 0 radical (unpaired) electrons. The first-order valence-electron chi connectivity index (χ1n) is 6.71. The molecule has 0 saturated carbocycles. The van der Waals surface area contributed by atoms with E-state index in [0.717, 1.165) is 5.76 Å². The zero-order valence-corrected chi connectivity index (χ0v) is 13.6. The Morgan fingerprint density at radius 3 is 1.62 bits per heavy atom. The van der Waals surface area contributed by atoms with Crippen molar-refractivity contribution in [3.05, 3.63) is 29.3 Å². The molecule has 2 aromatic heterocycles. The van der Waals surface area contributed by atoms with E-state index in [1.54, 1.807) is 20.1 Å². The van der Waals surface area contributed by atoms with Crippen molar-refractivity contribution in [2.75, 3.05) is 7.11 Å². The minimum Gasteiger partial charge on any atom is -0.479 e. The fourth-order valence-electron chi connectivity index (χ4n) is 0.928. The molecule has 0 N–H and O–H groups in total. The van der Waals surface area contributed by atoms with E-state index in [1.807, 2.05) is 34.6 Å². The molecule has 7 heteroatoms. The summed E-state index contributed by atoms with van der Waals surface area (Å²) >= 11 is 0. The molecule has 0 saturated heterocycles. The number of nitrogens with zero attached hydrogens (tertiary/aromatic N) is 2. The monoisotopic (exact) mass is 306 g/mol. The van der Waals surface area contributed by atoms with Gasteiger partial charge < -0.3 is 13.8 Å². The van der Waals surface area contributed by atoms with E-state index in [4.69, 9.17) is 4.74 Å². The Bertz CT molecular complexity index is 457. The maximum atomic E-state index is 11.7. The van der Waals surface area contributed by atoms with Gasteiger partial charge in [0, 0.05) is 12.1 Å². The van der Waals surface area contributed by atoms with Crippen LogP contribution in [0.15, 0.2) is 21.2 Å². The van der Waals surface area contributed by atoms with Crippen molar-refractivity contribution in [2.45, 2.75) is 48.0 Å². The van der Waals surface area contributed by atoms with E-state index in [9.17, 15) is 8.78 Å². The highest BCUT2D eigenvalue weighted by atomic mass is 19.3. The van der Waals surface area contributed by atoms with Crippen LogP contribution in [0.25, 0.3) is 0 Å². The van der Waals surface area contributed by atoms with Gasteiger partial charge in [0.2, 0.25) is 0 Å². The lowest BCUT2D eigenvalue weighted by Crippen LogP contribution is -1.80. The maximum Gasteiger partial charge on any atom is 0.283 e. The van der Waals surface area contributed by atoms with E-state index >= 15 is 0 Å². The van der Waals surface area contributed by atoms with Crippen LogP contribution in [0.5, 0.6) is 5.88 Å². The van der Waals surface area contributed by atoms with Crippen molar-refractivity contribution in [3.8, 4) is 5.88 Å². The standard InChI is InChI=1S/C5H5F2NO.C5H7NO2.2C2H6/c1-3-2-4(5(6)7)8-9-3;1-4-3-5(7-2)6-8-4;2*1-2/h2,5H,1H3;3H,1-2H3;2*1-2H3. The molecule has 0 bridgehead atoms. The number of hydrogen-bond donors (Lipinski definition) is 0. The quantitative estimate of drug-likeness (QED) is 0.784. The first kappa shape index (κ1) is 21.4. The predicted octanol–water partition coefficient (Wildman–Crippen LogP) is 4.96. The van der Waals surface area contributed by atoms with Crippen LogP contribution < -0.4 is 4.74 Å². The number of alkyl halides is 2. The molecule has 0 aliphatic rings. The van der Waals surface area contributed by atoms with Crippen LogP contribution in [-0.4, -0.2) is 17.4 Å². The van der Waals surface area contributed by atoms with Crippen molar-refractivity contribution in [1.29, 1.82) is 0 Å². The number of aryl methyl sites for hydroxylation is 2. The Morgan fingerprint density at radius 2 is 1.43 bits per heavy atom. The predicted molar refractivity (Wildman–Crippen MR) is 76.7 cm³/mol. The molecular weight excluding hydrogens is 282 g/mol. The Kier molecular flexibility index (Phi) is 13.3. The summed E-state index contributed by atoms with van der Waals surface area (Å²) in [7, 11) is 1.55. The van der Waals surface area contributed by atoms with Gasteiger partial charge in [-0.1, -0.05) is 32.9 Å². The van der Waals surface area contributed by atoms with E-state index in [1.165, 1.54) is 6.07 Å². The zero-order chi connectivity index (χ0) is 16.8. The van der Waals surface area contributed by atoms with Crippen LogP contribution in [0.1, 0.15) is 51.3 Å². The number of rotatable bonds is 2. The second-order valence-corrected chi connectivity index (χ2v) is 3.14. The second-order valence-electron chi connectivity index (χ2n) is 3.14. The molecule has 2 aromatic rings. The molecule has 0 aliphatic carbocycles. The van der Waals surface area contributed by atoms with Crippen molar-refractivity contribution in [2.24, 2.45) is 0 Å². The molecule has 5 nitrogen and oxygen atoms in total. The lowest BCUT2D eigenvalue weighted by atomic mass is 10.4. The molecule has 2 heterocycles. The van der Waals surface area contributed by atoms with Crippen LogP contribution in [-0.2, 0) is 0 Å². The average molecular weight is 306 g/mol. The van der Waals surface area contributed by atoms with Gasteiger partial charge in [0.05, 0.1) is 7.11 Å². The summed E-state index contributed by atoms with van der Waals surface area (Å²) < 4.78 is 37.1. The van der Waals surface area contributed by atoms with Gasteiger partial charge in [-0.3, -0.25) is 0 Å². The van der Waals surface area contributed by atoms with Gasteiger partial charge in [0.25, 0.3) is 12.3 Å². The van der Waals surface area contributed by atoms with Gasteiger partial charge in [-0.25, -0.2) is 8.78 Å². The fraction of sp³-hybridized carbons (Fsp3) is 0.571. The molecule has 21 heavy (non-hydrogen) atoms. The van der Waals surface area contributed by atoms with Gasteiger partial charge in [0.15, 0.2) is 0 Å². The molecule has 0 aliphatic heterocycles. The van der Waals surface area contributed by atoms with Crippen LogP contribution in [0.3, 0.4) is 0 Å². The van der Waals surface area contributed by atoms with Crippen LogP contribution in [0, 0.1) is 13.8 Å². The molecular formula is C14H24F2N2O3. The third-order valence-corrected chi connectivity index (χ3v) is 1.69. The highest BCUT2D eigenvalue weighted by Gasteiger charge is 2.10. The first-order chi connectivity index (χ1) is 10.0. The highest BCUT2D eigenvalue weighted by molar-refractivity contribution is 5.08. The summed E-state index contributed by atoms with van der Waals surface area (Å²) in [5, 5.41) is 6.63. The van der Waals surface area contributed by atoms with Crippen LogP contribution >= 0.6 is 0 Å². The average Bonchev–Trinajstić information content (AvgIpc) is 3.12. The summed E-state index contributed by atoms with van der Waals surface area (Å²) in [5.74, 6) is 1.70. The maximum absolute atomic E-state index is 11.7. The summed E-state index contributed by atoms with van der Waals surface area (Å²) in [4.78, 5) is 0. The molecule has 0 unspecified atom stereocenters. The number of aromatic nitrogens is 2. The first-order valence-corrected chi connectivity index (χ1v) is 6.71. The van der Waals surface area contributed by atoms with E-state index in [-0.39, 0.29) is 5.69 Å². The van der Waals surface area contributed by atoms with Crippen molar-refractivity contribution >= 4 is 0 Å². The van der Waals surface area contributed by atoms with Crippen molar-refractivity contribution in [1.82, 2.24) is 10.3 Å². The molecule has 0 aromatic carbocycles. The minimum absolute atomic E-state index is 0.299. The van der Waals surface area contributed by atoms with Gasteiger partial charge >= 0.3 is 0 Å². The number of hydrogen-bond acceptors (Lipinski definition) is 5. The molecule has 0 atom stereocenters. The van der Waals surface area contributed by atoms with Crippen molar-refractivity contribution in [3.63, 3.8) is 0 Å². The summed E-state index contributed by atoms with van der Waals surface area (Å²) in [6.45, 7) is 11.4. The van der Waals surface area contributed by atoms with Crippen LogP contribution in [0.4, 0.5) is 8.78 Å². The van der Waals surface area contributed by atoms with Gasteiger partial charge in [-0.2, -0.15) is 0 Å². The van der Waals surface area contributed by atoms with Gasteiger partial charge in [-0.05, 0) is 19.0 Å². The minimum atomic E-state index is -2.53. The zero-order valence-electron chi connectivity index (χ0n) is 13.6. The summed E-state index contributed by atoms with van der Waals surface area (Å²) in [6, 6.07) is 2.94. The molecule has 0 fully saturated rings. The molecule has 2 rings (SSSR count). The highest BCUT2D eigenvalue weighted by Crippen LogP contribution is 2.16. The Labute approximate surface area is 124 Å². The normalized spacial score (nSPS) is 8.67. The topological polar surface area (TPSA) is 61.3 Å². The third kappa shape index (κ3) is 9.59. The molecule has 0 spiro atoms. The lowest BCUT2D eigenvalue weighted by molar-refractivity contribution is 0.140. The second kappa shape index (κ2) is 13.1. The Hall–Kier alpha value is -1.92. The lowest BCUT2D eigenvalue weighted by Gasteiger charge is -1.84. The molecule has 122 valence electrons. The van der Waals surface area contributed by atoms with Crippen molar-refractivity contribution < 1.29 is 22.6 Å². The SMILES string of the molecule is CC.CC.COc1cc(C)on1.Cc1cc(C(F)F)no1. The summed E-state index contributed by atoms with van der Waals surface area (Å²) in [6.07, 6.45) is -2.53. The third-order valence-electron chi connectivity index (χ3n) is 1.69. The summed E-state index contributed by atoms with van der Waals surface area (Å²) in [5.41, 5.74) is -0.299. The Morgan fingerprint density at radius 1 is 0.952 bits per heavy atom. The number of methoxy groups -OCH3 is 1. The molecule has 0 amide bonds. The van der Waals surface area contributed by atoms with E-state index in [2.05, 4.69) is 19.4 Å².